The van der Waals surface area contributed by atoms with Crippen molar-refractivity contribution in [2.75, 3.05) is 6.61 Å². The first-order valence-corrected chi connectivity index (χ1v) is 9.21. The van der Waals surface area contributed by atoms with Gasteiger partial charge in [0.25, 0.3) is 0 Å². The van der Waals surface area contributed by atoms with Gasteiger partial charge in [-0.15, -0.1) is 0 Å². The van der Waals surface area contributed by atoms with Crippen molar-refractivity contribution in [1.29, 1.82) is 0 Å². The fraction of sp³-hybridized carbons (Fsp3) is 0.286. The Bertz CT molecular complexity index is 1120. The minimum atomic E-state index is -1.66. The maximum absolute atomic E-state index is 12.7. The minimum Gasteiger partial charge on any atom is -0.508 e. The summed E-state index contributed by atoms with van der Waals surface area (Å²) in [6.45, 7) is -0.643. The molecule has 1 aliphatic heterocycles. The van der Waals surface area contributed by atoms with Crippen molar-refractivity contribution in [3.05, 3.63) is 58.3 Å². The Morgan fingerprint density at radius 1 is 0.900 bits per heavy atom. The summed E-state index contributed by atoms with van der Waals surface area (Å²) >= 11 is 0. The van der Waals surface area contributed by atoms with Gasteiger partial charge in [0.15, 0.2) is 5.43 Å². The van der Waals surface area contributed by atoms with Gasteiger partial charge in [-0.3, -0.25) is 4.79 Å². The lowest BCUT2D eigenvalue weighted by Gasteiger charge is -2.40. The third-order valence-corrected chi connectivity index (χ3v) is 5.24. The van der Waals surface area contributed by atoms with Gasteiger partial charge < -0.3 is 39.8 Å². The Morgan fingerprint density at radius 2 is 1.60 bits per heavy atom. The molecule has 6 N–H and O–H groups in total. The summed E-state index contributed by atoms with van der Waals surface area (Å²) in [5, 5.41) is 60.1. The number of rotatable bonds is 3. The molecule has 9 heteroatoms. The van der Waals surface area contributed by atoms with Gasteiger partial charge in [-0.05, 0) is 36.4 Å². The van der Waals surface area contributed by atoms with E-state index < -0.39 is 42.6 Å². The fourth-order valence-corrected chi connectivity index (χ4v) is 3.61. The maximum Gasteiger partial charge on any atom is 0.193 e. The molecule has 0 aliphatic carbocycles. The van der Waals surface area contributed by atoms with E-state index in [1.807, 2.05) is 0 Å². The van der Waals surface area contributed by atoms with Crippen LogP contribution in [0.25, 0.3) is 22.3 Å². The summed E-state index contributed by atoms with van der Waals surface area (Å²) in [6.07, 6.45) is -7.49. The van der Waals surface area contributed by atoms with Crippen LogP contribution in [0.4, 0.5) is 0 Å². The molecule has 9 nitrogen and oxygen atoms in total. The number of aromatic hydroxyl groups is 2. The van der Waals surface area contributed by atoms with Gasteiger partial charge in [0.2, 0.25) is 0 Å². The molecule has 4 rings (SSSR count). The number of aliphatic hydroxyl groups excluding tert-OH is 4. The maximum atomic E-state index is 12.7. The van der Waals surface area contributed by atoms with Gasteiger partial charge in [-0.2, -0.15) is 0 Å². The summed E-state index contributed by atoms with van der Waals surface area (Å²) in [4.78, 5) is 12.7. The number of hydrogen-bond acceptors (Lipinski definition) is 9. The summed E-state index contributed by atoms with van der Waals surface area (Å²) in [7, 11) is 0. The van der Waals surface area contributed by atoms with Crippen molar-refractivity contribution in [2.45, 2.75) is 30.5 Å². The highest BCUT2D eigenvalue weighted by molar-refractivity contribution is 5.84. The van der Waals surface area contributed by atoms with Crippen molar-refractivity contribution >= 4 is 11.0 Å². The van der Waals surface area contributed by atoms with Crippen LogP contribution in [-0.2, 0) is 4.74 Å². The van der Waals surface area contributed by atoms with Crippen molar-refractivity contribution < 1.29 is 39.8 Å². The van der Waals surface area contributed by atoms with E-state index in [-0.39, 0.29) is 33.8 Å². The first-order chi connectivity index (χ1) is 14.3. The molecule has 2 aromatic carbocycles. The number of ether oxygens (including phenoxy) is 1. The molecule has 0 radical (unpaired) electrons. The van der Waals surface area contributed by atoms with E-state index in [1.165, 1.54) is 42.5 Å². The summed E-state index contributed by atoms with van der Waals surface area (Å²) in [5.41, 5.74) is -0.114. The highest BCUT2D eigenvalue weighted by atomic mass is 16.5. The van der Waals surface area contributed by atoms with E-state index in [4.69, 9.17) is 9.15 Å². The Morgan fingerprint density at radius 3 is 2.27 bits per heavy atom. The Balaban J connectivity index is 1.92. The lowest BCUT2D eigenvalue weighted by molar-refractivity contribution is -0.231. The van der Waals surface area contributed by atoms with Crippen LogP contribution in [-0.4, -0.2) is 61.7 Å². The van der Waals surface area contributed by atoms with Crippen LogP contribution in [0.2, 0.25) is 0 Å². The predicted molar refractivity (Wildman–Crippen MR) is 104 cm³/mol. The Kier molecular flexibility index (Phi) is 5.22. The molecule has 0 amide bonds. The van der Waals surface area contributed by atoms with E-state index in [2.05, 4.69) is 0 Å². The standard InChI is InChI=1S/C21H20O9/c22-8-15-17(26)18(27)19(28)21(30-15)16-12(24)6-5-11-13(25)7-14(29-20(11)16)9-1-3-10(23)4-2-9/h1-7,15,17-19,21-24,26-28H,8H2/t15-,17-,18+,19-,21+/m1/s1. The van der Waals surface area contributed by atoms with E-state index >= 15 is 0 Å². The van der Waals surface area contributed by atoms with Crippen LogP contribution in [0.5, 0.6) is 11.5 Å². The average Bonchev–Trinajstić information content (AvgIpc) is 2.73. The molecule has 1 saturated heterocycles. The molecule has 0 unspecified atom stereocenters. The largest absolute Gasteiger partial charge is 0.508 e. The smallest absolute Gasteiger partial charge is 0.193 e. The van der Waals surface area contributed by atoms with E-state index in [0.717, 1.165) is 0 Å². The van der Waals surface area contributed by atoms with E-state index in [1.54, 1.807) is 0 Å². The third kappa shape index (κ3) is 3.32. The first kappa shape index (κ1) is 20.3. The number of benzene rings is 2. The normalized spacial score (nSPS) is 26.7. The van der Waals surface area contributed by atoms with Crippen LogP contribution in [0, 0.1) is 0 Å². The SMILES string of the molecule is O=c1cc(-c2ccc(O)cc2)oc2c([C@@H]3O[C@H](CO)[C@@H](O)[C@H](O)[C@H]3O)c(O)ccc12. The Labute approximate surface area is 169 Å². The van der Waals surface area contributed by atoms with Crippen molar-refractivity contribution in [3.8, 4) is 22.8 Å². The molecule has 2 heterocycles. The fourth-order valence-electron chi connectivity index (χ4n) is 3.61. The molecule has 5 atom stereocenters. The summed E-state index contributed by atoms with van der Waals surface area (Å²) < 4.78 is 11.4. The molecule has 0 spiro atoms. The summed E-state index contributed by atoms with van der Waals surface area (Å²) in [6, 6.07) is 9.75. The van der Waals surface area contributed by atoms with Crippen LogP contribution in [0.15, 0.2) is 51.7 Å². The number of fused-ring (bicyclic) bond motifs is 1. The van der Waals surface area contributed by atoms with Gasteiger partial charge in [0, 0.05) is 11.6 Å². The van der Waals surface area contributed by atoms with Crippen LogP contribution in [0.3, 0.4) is 0 Å². The highest BCUT2D eigenvalue weighted by Gasteiger charge is 2.45. The van der Waals surface area contributed by atoms with Gasteiger partial charge in [0.05, 0.1) is 17.6 Å². The van der Waals surface area contributed by atoms with E-state index in [9.17, 15) is 35.4 Å². The van der Waals surface area contributed by atoms with Crippen LogP contribution < -0.4 is 5.43 Å². The number of aliphatic hydroxyl groups is 4. The molecule has 1 aliphatic rings. The molecule has 30 heavy (non-hydrogen) atoms. The zero-order valence-corrected chi connectivity index (χ0v) is 15.5. The number of phenols is 2. The van der Waals surface area contributed by atoms with Gasteiger partial charge in [-0.25, -0.2) is 0 Å². The first-order valence-electron chi connectivity index (χ1n) is 9.21. The second kappa shape index (κ2) is 7.71. The average molecular weight is 416 g/mol. The number of hydrogen-bond donors (Lipinski definition) is 6. The monoisotopic (exact) mass is 416 g/mol. The van der Waals surface area contributed by atoms with Crippen molar-refractivity contribution in [2.24, 2.45) is 0 Å². The topological polar surface area (TPSA) is 161 Å². The minimum absolute atomic E-state index is 0.0292. The van der Waals surface area contributed by atoms with Crippen molar-refractivity contribution in [1.82, 2.24) is 0 Å². The molecule has 0 saturated carbocycles. The van der Waals surface area contributed by atoms with Gasteiger partial charge in [-0.1, -0.05) is 0 Å². The quantitative estimate of drug-likeness (QED) is 0.355. The summed E-state index contributed by atoms with van der Waals surface area (Å²) in [5.74, 6) is -0.191. The number of phenolic OH excluding ortho intramolecular Hbond substituents is 2. The molecular weight excluding hydrogens is 396 g/mol. The van der Waals surface area contributed by atoms with Crippen LogP contribution >= 0.6 is 0 Å². The zero-order chi connectivity index (χ0) is 21.6. The van der Waals surface area contributed by atoms with E-state index in [0.29, 0.717) is 5.56 Å². The second-order valence-corrected chi connectivity index (χ2v) is 7.15. The van der Waals surface area contributed by atoms with Gasteiger partial charge >= 0.3 is 0 Å². The molecule has 1 aromatic heterocycles. The molecular formula is C21H20O9. The predicted octanol–water partition coefficient (Wildman–Crippen LogP) is 0.386. The van der Waals surface area contributed by atoms with Gasteiger partial charge in [0.1, 0.15) is 53.4 Å². The molecule has 1 fully saturated rings. The lowest BCUT2D eigenvalue weighted by Crippen LogP contribution is -2.55. The molecule has 158 valence electrons. The highest BCUT2D eigenvalue weighted by Crippen LogP contribution is 2.41. The van der Waals surface area contributed by atoms with Crippen LogP contribution in [0.1, 0.15) is 11.7 Å². The second-order valence-electron chi connectivity index (χ2n) is 7.15. The Hall–Kier alpha value is -2.95. The third-order valence-electron chi connectivity index (χ3n) is 5.24. The lowest BCUT2D eigenvalue weighted by atomic mass is 9.90. The molecule has 0 bridgehead atoms. The van der Waals surface area contributed by atoms with Crippen molar-refractivity contribution in [3.63, 3.8) is 0 Å². The molecule has 3 aromatic rings. The zero-order valence-electron chi connectivity index (χ0n) is 15.5.